The molecule has 4 aromatic rings. The molecule has 1 atom stereocenters. The van der Waals surface area contributed by atoms with Crippen molar-refractivity contribution in [2.75, 3.05) is 5.73 Å². The van der Waals surface area contributed by atoms with Crippen molar-refractivity contribution in [2.45, 2.75) is 45.5 Å². The Bertz CT molecular complexity index is 1460. The van der Waals surface area contributed by atoms with E-state index in [0.29, 0.717) is 34.8 Å². The highest BCUT2D eigenvalue weighted by molar-refractivity contribution is 5.94. The van der Waals surface area contributed by atoms with Crippen LogP contribution in [0.4, 0.5) is 23.2 Å². The first-order chi connectivity index (χ1) is 17.1. The van der Waals surface area contributed by atoms with Crippen LogP contribution >= 0.6 is 0 Å². The van der Waals surface area contributed by atoms with E-state index in [0.717, 1.165) is 0 Å². The molecule has 0 saturated carbocycles. The van der Waals surface area contributed by atoms with E-state index < -0.39 is 23.8 Å². The predicted octanol–water partition coefficient (Wildman–Crippen LogP) is 3.33. The minimum atomic E-state index is -4.31. The summed E-state index contributed by atoms with van der Waals surface area (Å²) in [4.78, 5) is 25.6. The van der Waals surface area contributed by atoms with Crippen molar-refractivity contribution in [3.05, 3.63) is 59.2 Å². The summed E-state index contributed by atoms with van der Waals surface area (Å²) >= 11 is 0. The number of imidazole rings is 1. The van der Waals surface area contributed by atoms with Gasteiger partial charge in [-0.2, -0.15) is 18.3 Å². The first-order valence-electron chi connectivity index (χ1n) is 11.3. The molecule has 13 heteroatoms. The lowest BCUT2D eigenvalue weighted by Gasteiger charge is -2.24. The van der Waals surface area contributed by atoms with Gasteiger partial charge >= 0.3 is 6.18 Å². The Morgan fingerprint density at radius 3 is 2.81 bits per heavy atom. The van der Waals surface area contributed by atoms with Gasteiger partial charge in [0.2, 0.25) is 5.78 Å². The highest BCUT2D eigenvalue weighted by Crippen LogP contribution is 2.35. The van der Waals surface area contributed by atoms with Crippen LogP contribution in [0.3, 0.4) is 0 Å². The van der Waals surface area contributed by atoms with Gasteiger partial charge in [-0.15, -0.1) is 0 Å². The summed E-state index contributed by atoms with van der Waals surface area (Å²) in [7, 11) is 0. The molecule has 0 spiro atoms. The van der Waals surface area contributed by atoms with E-state index in [4.69, 9.17) is 5.73 Å². The van der Waals surface area contributed by atoms with Gasteiger partial charge in [0.15, 0.2) is 5.82 Å². The second kappa shape index (κ2) is 8.88. The van der Waals surface area contributed by atoms with Crippen LogP contribution in [0.25, 0.3) is 17.2 Å². The van der Waals surface area contributed by atoms with Gasteiger partial charge in [0.05, 0.1) is 29.1 Å². The fourth-order valence-electron chi connectivity index (χ4n) is 4.30. The number of rotatable bonds is 5. The standard InChI is InChI=1S/C23H22F4N8O/c1-2-17-19(34-11-14(28)10-30-22(34)31-17)21(36)29-9-12-3-4-15(16(24)7-12)20-32-18-8-13(23(25,26)27)5-6-35(18)33-20/h3-4,7,10-11,13H,2,5-6,8-9,28H2,1H3,(H,29,36). The Morgan fingerprint density at radius 1 is 1.28 bits per heavy atom. The minimum Gasteiger partial charge on any atom is -0.396 e. The molecule has 4 heterocycles. The molecule has 0 fully saturated rings. The van der Waals surface area contributed by atoms with Crippen molar-refractivity contribution in [3.63, 3.8) is 0 Å². The fourth-order valence-corrected chi connectivity index (χ4v) is 4.30. The summed E-state index contributed by atoms with van der Waals surface area (Å²) < 4.78 is 57.0. The van der Waals surface area contributed by atoms with Crippen molar-refractivity contribution >= 4 is 17.4 Å². The maximum atomic E-state index is 14.9. The second-order valence-electron chi connectivity index (χ2n) is 8.62. The number of nitrogen functional groups attached to an aromatic ring is 1. The molecule has 0 radical (unpaired) electrons. The quantitative estimate of drug-likeness (QED) is 0.405. The normalized spacial score (nSPS) is 15.8. The fraction of sp³-hybridized carbons (Fsp3) is 0.348. The molecule has 9 nitrogen and oxygen atoms in total. The summed E-state index contributed by atoms with van der Waals surface area (Å²) in [6, 6.07) is 4.30. The number of fused-ring (bicyclic) bond motifs is 2. The monoisotopic (exact) mass is 502 g/mol. The number of alkyl halides is 3. The first-order valence-corrected chi connectivity index (χ1v) is 11.3. The number of nitrogens with one attached hydrogen (secondary N) is 1. The van der Waals surface area contributed by atoms with Gasteiger partial charge in [-0.25, -0.2) is 24.0 Å². The zero-order chi connectivity index (χ0) is 25.6. The molecule has 1 aliphatic heterocycles. The van der Waals surface area contributed by atoms with Crippen molar-refractivity contribution in [3.8, 4) is 11.4 Å². The average Bonchev–Trinajstić information content (AvgIpc) is 3.42. The topological polar surface area (TPSA) is 116 Å². The number of hydrogen-bond acceptors (Lipinski definition) is 6. The van der Waals surface area contributed by atoms with E-state index in [1.807, 2.05) is 6.92 Å². The summed E-state index contributed by atoms with van der Waals surface area (Å²) in [5, 5.41) is 6.95. The third kappa shape index (κ3) is 4.36. The number of aromatic nitrogens is 6. The number of aryl methyl sites for hydroxylation is 2. The Hall–Kier alpha value is -4.03. The van der Waals surface area contributed by atoms with Gasteiger partial charge in [-0.1, -0.05) is 13.0 Å². The van der Waals surface area contributed by atoms with Crippen molar-refractivity contribution in [1.82, 2.24) is 34.4 Å². The highest BCUT2D eigenvalue weighted by atomic mass is 19.4. The Kier molecular flexibility index (Phi) is 5.85. The van der Waals surface area contributed by atoms with Crippen LogP contribution in [0.15, 0.2) is 30.6 Å². The lowest BCUT2D eigenvalue weighted by molar-refractivity contribution is -0.179. The summed E-state index contributed by atoms with van der Waals surface area (Å²) in [5.41, 5.74) is 7.58. The lowest BCUT2D eigenvalue weighted by atomic mass is 9.98. The number of carbonyl (C=O) groups excluding carboxylic acids is 1. The van der Waals surface area contributed by atoms with Crippen molar-refractivity contribution < 1.29 is 22.4 Å². The van der Waals surface area contributed by atoms with Crippen LogP contribution in [0, 0.1) is 11.7 Å². The maximum absolute atomic E-state index is 14.9. The molecular weight excluding hydrogens is 480 g/mol. The SMILES string of the molecule is CCc1nc2ncc(N)cn2c1C(=O)NCc1ccc(-c2nc3n(n2)CCC(C(F)(F)F)C3)c(F)c1. The number of nitrogens with zero attached hydrogens (tertiary/aromatic N) is 6. The van der Waals surface area contributed by atoms with Gasteiger partial charge in [0, 0.05) is 25.7 Å². The van der Waals surface area contributed by atoms with E-state index in [9.17, 15) is 22.4 Å². The van der Waals surface area contributed by atoms with Gasteiger partial charge in [-0.3, -0.25) is 9.20 Å². The maximum Gasteiger partial charge on any atom is 0.392 e. The van der Waals surface area contributed by atoms with Gasteiger partial charge in [-0.05, 0) is 30.5 Å². The molecule has 0 bridgehead atoms. The zero-order valence-corrected chi connectivity index (χ0v) is 19.2. The molecule has 0 aliphatic carbocycles. The van der Waals surface area contributed by atoms with Crippen molar-refractivity contribution in [1.29, 1.82) is 0 Å². The van der Waals surface area contributed by atoms with Crippen LogP contribution in [0.2, 0.25) is 0 Å². The summed E-state index contributed by atoms with van der Waals surface area (Å²) in [6.07, 6.45) is -1.17. The average molecular weight is 502 g/mol. The minimum absolute atomic E-state index is 0.0303. The number of amides is 1. The number of anilines is 1. The van der Waals surface area contributed by atoms with E-state index in [1.54, 1.807) is 12.3 Å². The summed E-state index contributed by atoms with van der Waals surface area (Å²) in [5.74, 6) is -1.98. The molecule has 5 rings (SSSR count). The summed E-state index contributed by atoms with van der Waals surface area (Å²) in [6.45, 7) is 1.96. The van der Waals surface area contributed by atoms with Crippen LogP contribution < -0.4 is 11.1 Å². The Balaban J connectivity index is 1.32. The molecule has 1 aromatic carbocycles. The first kappa shape index (κ1) is 23.7. The molecule has 1 unspecified atom stereocenters. The van der Waals surface area contributed by atoms with E-state index in [2.05, 4.69) is 25.4 Å². The largest absolute Gasteiger partial charge is 0.396 e. The molecule has 0 saturated heterocycles. The van der Waals surface area contributed by atoms with E-state index >= 15 is 0 Å². The molecule has 3 aromatic heterocycles. The molecule has 188 valence electrons. The number of halogens is 4. The number of carbonyl (C=O) groups is 1. The van der Waals surface area contributed by atoms with Gasteiger partial charge in [0.1, 0.15) is 17.3 Å². The molecule has 3 N–H and O–H groups in total. The van der Waals surface area contributed by atoms with Crippen LogP contribution in [0.5, 0.6) is 0 Å². The van der Waals surface area contributed by atoms with Crippen LogP contribution in [-0.2, 0) is 25.9 Å². The Morgan fingerprint density at radius 2 is 2.08 bits per heavy atom. The lowest BCUT2D eigenvalue weighted by Crippen LogP contribution is -2.31. The molecule has 1 amide bonds. The zero-order valence-electron chi connectivity index (χ0n) is 19.2. The number of benzene rings is 1. The van der Waals surface area contributed by atoms with Gasteiger partial charge in [0.25, 0.3) is 5.91 Å². The smallest absolute Gasteiger partial charge is 0.392 e. The van der Waals surface area contributed by atoms with Crippen LogP contribution in [0.1, 0.15) is 40.9 Å². The van der Waals surface area contributed by atoms with E-state index in [-0.39, 0.29) is 43.1 Å². The number of nitrogens with two attached hydrogens (primary N) is 1. The third-order valence-electron chi connectivity index (χ3n) is 6.18. The molecule has 1 aliphatic rings. The predicted molar refractivity (Wildman–Crippen MR) is 121 cm³/mol. The van der Waals surface area contributed by atoms with Crippen molar-refractivity contribution in [2.24, 2.45) is 5.92 Å². The molecular formula is C23H22F4N8O. The Labute approximate surface area is 202 Å². The second-order valence-corrected chi connectivity index (χ2v) is 8.62. The third-order valence-corrected chi connectivity index (χ3v) is 6.18. The number of hydrogen-bond donors (Lipinski definition) is 2. The highest BCUT2D eigenvalue weighted by Gasteiger charge is 2.42. The van der Waals surface area contributed by atoms with E-state index in [1.165, 1.54) is 27.4 Å². The van der Waals surface area contributed by atoms with Gasteiger partial charge < -0.3 is 11.1 Å². The molecule has 36 heavy (non-hydrogen) atoms. The van der Waals surface area contributed by atoms with Crippen LogP contribution in [-0.4, -0.2) is 41.2 Å².